The van der Waals surface area contributed by atoms with E-state index in [4.69, 9.17) is 0 Å². The molecule has 0 bridgehead atoms. The van der Waals surface area contributed by atoms with Crippen LogP contribution in [0.25, 0.3) is 0 Å². The summed E-state index contributed by atoms with van der Waals surface area (Å²) in [5, 5.41) is 0. The van der Waals surface area contributed by atoms with Gasteiger partial charge in [0.25, 0.3) is 20.2 Å². The van der Waals surface area contributed by atoms with Gasteiger partial charge < -0.3 is 0 Å². The Morgan fingerprint density at radius 3 is 1.23 bits per heavy atom. The van der Waals surface area contributed by atoms with E-state index in [0.717, 1.165) is 12.5 Å². The van der Waals surface area contributed by atoms with Crippen molar-refractivity contribution >= 4 is 20.2 Å². The van der Waals surface area contributed by atoms with Crippen molar-refractivity contribution in [2.24, 2.45) is 0 Å². The molecule has 0 spiro atoms. The third kappa shape index (κ3) is 8.16. The highest BCUT2D eigenvalue weighted by Crippen LogP contribution is 2.16. The molecule has 6 nitrogen and oxygen atoms in total. The molecule has 0 fully saturated rings. The molecule has 0 rings (SSSR count). The first-order valence-corrected chi connectivity index (χ1v) is 6.86. The van der Waals surface area contributed by atoms with E-state index in [1.165, 1.54) is 13.8 Å². The highest BCUT2D eigenvalue weighted by molar-refractivity contribution is 7.86. The Kier molecular flexibility index (Phi) is 3.47. The molecule has 0 unspecified atom stereocenters. The summed E-state index contributed by atoms with van der Waals surface area (Å²) in [6.07, 6.45) is 1.61. The highest BCUT2D eigenvalue weighted by Gasteiger charge is 2.29. The van der Waals surface area contributed by atoms with Gasteiger partial charge in [-0.1, -0.05) is 0 Å². The van der Waals surface area contributed by atoms with Crippen molar-refractivity contribution in [3.05, 3.63) is 0 Å². The van der Waals surface area contributed by atoms with Gasteiger partial charge in [0.05, 0.1) is 12.5 Å². The van der Waals surface area contributed by atoms with Gasteiger partial charge in [0.2, 0.25) is 0 Å². The summed E-state index contributed by atoms with van der Waals surface area (Å²) in [4.78, 5) is 0. The molecule has 13 heavy (non-hydrogen) atoms. The smallest absolute Gasteiger partial charge is 0.235 e. The van der Waals surface area contributed by atoms with E-state index in [1.54, 1.807) is 0 Å². The molecular weight excluding hydrogens is 220 g/mol. The van der Waals surface area contributed by atoms with E-state index in [9.17, 15) is 16.8 Å². The van der Waals surface area contributed by atoms with Crippen molar-refractivity contribution in [2.75, 3.05) is 12.5 Å². The minimum Gasteiger partial charge on any atom is -0.235 e. The lowest BCUT2D eigenvalue weighted by Crippen LogP contribution is -2.33. The van der Waals surface area contributed by atoms with Crippen LogP contribution in [-0.2, 0) is 28.6 Å². The second-order valence-electron chi connectivity index (χ2n) is 2.97. The number of hydrogen-bond acceptors (Lipinski definition) is 6. The van der Waals surface area contributed by atoms with E-state index < -0.39 is 26.0 Å². The van der Waals surface area contributed by atoms with Crippen LogP contribution in [0.4, 0.5) is 0 Å². The third-order valence-corrected chi connectivity index (χ3v) is 2.11. The zero-order valence-electron chi connectivity index (χ0n) is 7.77. The molecule has 0 N–H and O–H groups in total. The average molecular weight is 232 g/mol. The van der Waals surface area contributed by atoms with Crippen LogP contribution in [0.15, 0.2) is 0 Å². The van der Waals surface area contributed by atoms with Gasteiger partial charge in [-0.3, -0.25) is 0 Å². The SMILES string of the molecule is CC(C)(OS(C)(=O)=O)OS(C)(=O)=O. The van der Waals surface area contributed by atoms with Crippen molar-refractivity contribution < 1.29 is 25.2 Å². The second-order valence-corrected chi connectivity index (χ2v) is 6.12. The molecule has 0 atom stereocenters. The summed E-state index contributed by atoms with van der Waals surface area (Å²) in [6, 6.07) is 0. The Morgan fingerprint density at radius 1 is 0.846 bits per heavy atom. The normalized spacial score (nSPS) is 14.5. The fourth-order valence-electron chi connectivity index (χ4n) is 0.743. The fraction of sp³-hybridized carbons (Fsp3) is 1.00. The molecule has 0 aliphatic rings. The summed E-state index contributed by atoms with van der Waals surface area (Å²) in [7, 11) is -7.49. The first kappa shape index (κ1) is 12.8. The largest absolute Gasteiger partial charge is 0.267 e. The maximum Gasteiger partial charge on any atom is 0.267 e. The molecule has 0 saturated carbocycles. The Labute approximate surface area is 78.1 Å². The van der Waals surface area contributed by atoms with Crippen molar-refractivity contribution in [1.29, 1.82) is 0 Å². The number of hydrogen-bond donors (Lipinski definition) is 0. The fourth-order valence-corrected chi connectivity index (χ4v) is 2.31. The molecule has 8 heteroatoms. The summed E-state index contributed by atoms with van der Waals surface area (Å²) >= 11 is 0. The van der Waals surface area contributed by atoms with Crippen molar-refractivity contribution in [1.82, 2.24) is 0 Å². The van der Waals surface area contributed by atoms with E-state index in [-0.39, 0.29) is 0 Å². The number of rotatable bonds is 4. The van der Waals surface area contributed by atoms with Gasteiger partial charge in [0, 0.05) is 0 Å². The maximum atomic E-state index is 10.6. The van der Waals surface area contributed by atoms with Gasteiger partial charge in [-0.15, -0.1) is 0 Å². The molecule has 80 valence electrons. The standard InChI is InChI=1S/C5H12O6S2/c1-5(2,10-12(3,6)7)11-13(4,8)9/h1-4H3. The second kappa shape index (κ2) is 3.52. The van der Waals surface area contributed by atoms with Crippen LogP contribution in [0.5, 0.6) is 0 Å². The molecule has 0 heterocycles. The van der Waals surface area contributed by atoms with Crippen LogP contribution >= 0.6 is 0 Å². The first-order valence-electron chi connectivity index (χ1n) is 3.22. The van der Waals surface area contributed by atoms with Gasteiger partial charge in [0.1, 0.15) is 0 Å². The molecule has 0 saturated heterocycles. The van der Waals surface area contributed by atoms with Gasteiger partial charge >= 0.3 is 0 Å². The summed E-state index contributed by atoms with van der Waals surface area (Å²) in [6.45, 7) is 2.38. The molecule has 0 aromatic rings. The molecular formula is C5H12O6S2. The quantitative estimate of drug-likeness (QED) is 0.487. The molecule has 0 aliphatic heterocycles. The maximum absolute atomic E-state index is 10.6. The van der Waals surface area contributed by atoms with Crippen molar-refractivity contribution in [3.63, 3.8) is 0 Å². The van der Waals surface area contributed by atoms with Gasteiger partial charge in [-0.2, -0.15) is 16.8 Å². The van der Waals surface area contributed by atoms with E-state index in [0.29, 0.717) is 0 Å². The first-order chi connectivity index (χ1) is 5.41. The predicted octanol–water partition coefficient (Wildman–Crippen LogP) is -0.325. The van der Waals surface area contributed by atoms with Crippen LogP contribution in [-0.4, -0.2) is 35.1 Å². The van der Waals surface area contributed by atoms with Crippen molar-refractivity contribution in [2.45, 2.75) is 19.6 Å². The molecule has 0 aliphatic carbocycles. The van der Waals surface area contributed by atoms with Crippen LogP contribution in [0, 0.1) is 0 Å². The van der Waals surface area contributed by atoms with Crippen LogP contribution < -0.4 is 0 Å². The van der Waals surface area contributed by atoms with Gasteiger partial charge in [-0.25, -0.2) is 8.37 Å². The van der Waals surface area contributed by atoms with E-state index >= 15 is 0 Å². The van der Waals surface area contributed by atoms with Gasteiger partial charge in [0.15, 0.2) is 5.79 Å². The summed E-state index contributed by atoms with van der Waals surface area (Å²) < 4.78 is 51.3. The Morgan fingerprint density at radius 2 is 1.08 bits per heavy atom. The van der Waals surface area contributed by atoms with Gasteiger partial charge in [-0.05, 0) is 13.8 Å². The minimum absolute atomic E-state index is 0.806. The lowest BCUT2D eigenvalue weighted by molar-refractivity contribution is -0.0694. The topological polar surface area (TPSA) is 86.7 Å². The Bertz CT molecular complexity index is 326. The van der Waals surface area contributed by atoms with Crippen molar-refractivity contribution in [3.8, 4) is 0 Å². The Balaban J connectivity index is 4.62. The predicted molar refractivity (Wildman–Crippen MR) is 45.9 cm³/mol. The monoisotopic (exact) mass is 232 g/mol. The van der Waals surface area contributed by atoms with E-state index in [1.807, 2.05) is 0 Å². The highest BCUT2D eigenvalue weighted by atomic mass is 32.2. The summed E-state index contributed by atoms with van der Waals surface area (Å²) in [5.41, 5.74) is 0. The van der Waals surface area contributed by atoms with Crippen LogP contribution in [0.2, 0.25) is 0 Å². The zero-order valence-corrected chi connectivity index (χ0v) is 9.40. The van der Waals surface area contributed by atoms with E-state index in [2.05, 4.69) is 8.37 Å². The molecule has 0 radical (unpaired) electrons. The Hall–Kier alpha value is -0.180. The minimum atomic E-state index is -3.74. The summed E-state index contributed by atoms with van der Waals surface area (Å²) in [5.74, 6) is -1.71. The van der Waals surface area contributed by atoms with Crippen LogP contribution in [0.1, 0.15) is 13.8 Å². The lowest BCUT2D eigenvalue weighted by Gasteiger charge is -2.21. The van der Waals surface area contributed by atoms with Crippen LogP contribution in [0.3, 0.4) is 0 Å². The average Bonchev–Trinajstić information content (AvgIpc) is 1.43. The zero-order chi connectivity index (χ0) is 10.9. The molecule has 0 amide bonds. The third-order valence-electron chi connectivity index (χ3n) is 0.704. The molecule has 0 aromatic heterocycles. The molecule has 0 aromatic carbocycles. The lowest BCUT2D eigenvalue weighted by atomic mass is 10.4.